The maximum absolute atomic E-state index is 5.92. The van der Waals surface area contributed by atoms with Crippen LogP contribution < -0.4 is 15.2 Å². The Labute approximate surface area is 136 Å². The molecule has 0 spiro atoms. The lowest BCUT2D eigenvalue weighted by Crippen LogP contribution is -2.04. The monoisotopic (exact) mass is 310 g/mol. The molecule has 2 aromatic carbocycles. The number of aryl methyl sites for hydroxylation is 1. The average Bonchev–Trinajstić information content (AvgIpc) is 2.96. The zero-order valence-corrected chi connectivity index (χ0v) is 13.6. The summed E-state index contributed by atoms with van der Waals surface area (Å²) in [4.78, 5) is 0. The van der Waals surface area contributed by atoms with Gasteiger partial charge >= 0.3 is 0 Å². The van der Waals surface area contributed by atoms with E-state index in [-0.39, 0.29) is 0 Å². The van der Waals surface area contributed by atoms with Gasteiger partial charge in [-0.05, 0) is 55.0 Å². The smallest absolute Gasteiger partial charge is 0.128 e. The number of nitrogens with zero attached hydrogens (tertiary/aromatic N) is 1. The average molecular weight is 310 g/mol. The SMILES string of the molecule is CCn1c(COc2ccc(OC)cc2)cc2cc(CN)ccc21. The minimum Gasteiger partial charge on any atom is -0.497 e. The summed E-state index contributed by atoms with van der Waals surface area (Å²) in [6.45, 7) is 4.15. The van der Waals surface area contributed by atoms with E-state index in [0.29, 0.717) is 13.2 Å². The summed E-state index contributed by atoms with van der Waals surface area (Å²) in [5.74, 6) is 1.66. The number of benzene rings is 2. The minimum atomic E-state index is 0.535. The second-order valence-corrected chi connectivity index (χ2v) is 5.44. The third-order valence-electron chi connectivity index (χ3n) is 4.05. The third kappa shape index (κ3) is 3.17. The Bertz CT molecular complexity index is 791. The molecular weight excluding hydrogens is 288 g/mol. The minimum absolute atomic E-state index is 0.535. The van der Waals surface area contributed by atoms with Gasteiger partial charge in [0.1, 0.15) is 18.1 Å². The van der Waals surface area contributed by atoms with Gasteiger partial charge in [-0.2, -0.15) is 0 Å². The van der Waals surface area contributed by atoms with Crippen molar-refractivity contribution < 1.29 is 9.47 Å². The zero-order chi connectivity index (χ0) is 16.2. The Morgan fingerprint density at radius 2 is 1.74 bits per heavy atom. The van der Waals surface area contributed by atoms with Crippen LogP contribution in [0.3, 0.4) is 0 Å². The molecule has 0 fully saturated rings. The van der Waals surface area contributed by atoms with E-state index in [1.807, 2.05) is 24.3 Å². The molecule has 0 aliphatic heterocycles. The second kappa shape index (κ2) is 6.75. The van der Waals surface area contributed by atoms with Gasteiger partial charge in [0.2, 0.25) is 0 Å². The lowest BCUT2D eigenvalue weighted by molar-refractivity contribution is 0.295. The summed E-state index contributed by atoms with van der Waals surface area (Å²) in [6.07, 6.45) is 0. The number of methoxy groups -OCH3 is 1. The van der Waals surface area contributed by atoms with Crippen LogP contribution in [0.15, 0.2) is 48.5 Å². The molecule has 0 bridgehead atoms. The lowest BCUT2D eigenvalue weighted by atomic mass is 10.1. The Balaban J connectivity index is 1.83. The molecule has 0 unspecified atom stereocenters. The summed E-state index contributed by atoms with van der Waals surface area (Å²) in [5, 5.41) is 1.21. The van der Waals surface area contributed by atoms with Crippen LogP contribution in [-0.4, -0.2) is 11.7 Å². The fraction of sp³-hybridized carbons (Fsp3) is 0.263. The van der Waals surface area contributed by atoms with Crippen molar-refractivity contribution in [1.29, 1.82) is 0 Å². The Hall–Kier alpha value is -2.46. The Morgan fingerprint density at radius 3 is 2.39 bits per heavy atom. The molecule has 1 heterocycles. The highest BCUT2D eigenvalue weighted by Gasteiger charge is 2.09. The highest BCUT2D eigenvalue weighted by Crippen LogP contribution is 2.23. The predicted octanol–water partition coefficient (Wildman–Crippen LogP) is 3.71. The van der Waals surface area contributed by atoms with E-state index >= 15 is 0 Å². The molecule has 3 rings (SSSR count). The van der Waals surface area contributed by atoms with E-state index in [0.717, 1.165) is 29.3 Å². The van der Waals surface area contributed by atoms with Crippen molar-refractivity contribution in [3.05, 3.63) is 59.8 Å². The number of hydrogen-bond acceptors (Lipinski definition) is 3. The fourth-order valence-corrected chi connectivity index (χ4v) is 2.83. The van der Waals surface area contributed by atoms with E-state index in [9.17, 15) is 0 Å². The van der Waals surface area contributed by atoms with Crippen LogP contribution in [0, 0.1) is 0 Å². The number of hydrogen-bond donors (Lipinski definition) is 1. The van der Waals surface area contributed by atoms with Crippen LogP contribution in [0.2, 0.25) is 0 Å². The molecule has 0 aliphatic rings. The number of aromatic nitrogens is 1. The first-order chi connectivity index (χ1) is 11.2. The van der Waals surface area contributed by atoms with Crippen molar-refractivity contribution in [3.63, 3.8) is 0 Å². The molecule has 1 aromatic heterocycles. The normalized spacial score (nSPS) is 10.9. The molecule has 0 amide bonds. The number of ether oxygens (including phenoxy) is 2. The van der Waals surface area contributed by atoms with Crippen molar-refractivity contribution in [2.75, 3.05) is 7.11 Å². The summed E-state index contributed by atoms with van der Waals surface area (Å²) in [6, 6.07) is 16.2. The number of fused-ring (bicyclic) bond motifs is 1. The quantitative estimate of drug-likeness (QED) is 0.755. The van der Waals surface area contributed by atoms with Gasteiger partial charge in [0, 0.05) is 24.0 Å². The highest BCUT2D eigenvalue weighted by molar-refractivity contribution is 5.82. The highest BCUT2D eigenvalue weighted by atomic mass is 16.5. The van der Waals surface area contributed by atoms with Gasteiger partial charge in [-0.3, -0.25) is 0 Å². The summed E-state index contributed by atoms with van der Waals surface area (Å²) in [5.41, 5.74) is 9.26. The molecule has 2 N–H and O–H groups in total. The van der Waals surface area contributed by atoms with Gasteiger partial charge in [0.25, 0.3) is 0 Å². The first kappa shape index (κ1) is 15.4. The summed E-state index contributed by atoms with van der Waals surface area (Å²) in [7, 11) is 1.66. The van der Waals surface area contributed by atoms with Crippen LogP contribution in [0.1, 0.15) is 18.2 Å². The van der Waals surface area contributed by atoms with E-state index in [4.69, 9.17) is 15.2 Å². The Morgan fingerprint density at radius 1 is 1.00 bits per heavy atom. The molecule has 4 nitrogen and oxygen atoms in total. The van der Waals surface area contributed by atoms with Gasteiger partial charge in [0.15, 0.2) is 0 Å². The molecule has 23 heavy (non-hydrogen) atoms. The van der Waals surface area contributed by atoms with Gasteiger partial charge in [-0.15, -0.1) is 0 Å². The summed E-state index contributed by atoms with van der Waals surface area (Å²) >= 11 is 0. The van der Waals surface area contributed by atoms with Crippen molar-refractivity contribution in [1.82, 2.24) is 4.57 Å². The first-order valence-electron chi connectivity index (χ1n) is 7.83. The second-order valence-electron chi connectivity index (χ2n) is 5.44. The van der Waals surface area contributed by atoms with Crippen LogP contribution in [-0.2, 0) is 19.7 Å². The molecule has 0 atom stereocenters. The van der Waals surface area contributed by atoms with Crippen molar-refractivity contribution >= 4 is 10.9 Å². The van der Waals surface area contributed by atoms with Gasteiger partial charge < -0.3 is 19.8 Å². The summed E-state index contributed by atoms with van der Waals surface area (Å²) < 4.78 is 13.4. The zero-order valence-electron chi connectivity index (χ0n) is 13.6. The molecular formula is C19H22N2O2. The molecule has 0 saturated heterocycles. The van der Waals surface area contributed by atoms with Crippen LogP contribution in [0.4, 0.5) is 0 Å². The molecule has 120 valence electrons. The van der Waals surface area contributed by atoms with Crippen LogP contribution in [0.5, 0.6) is 11.5 Å². The number of nitrogens with two attached hydrogens (primary N) is 1. The number of rotatable bonds is 6. The lowest BCUT2D eigenvalue weighted by Gasteiger charge is -2.10. The molecule has 0 aliphatic carbocycles. The van der Waals surface area contributed by atoms with E-state index in [1.54, 1.807) is 7.11 Å². The van der Waals surface area contributed by atoms with E-state index < -0.39 is 0 Å². The van der Waals surface area contributed by atoms with Gasteiger partial charge in [-0.1, -0.05) is 6.07 Å². The predicted molar refractivity (Wildman–Crippen MR) is 92.8 cm³/mol. The van der Waals surface area contributed by atoms with Crippen LogP contribution in [0.25, 0.3) is 10.9 Å². The van der Waals surface area contributed by atoms with E-state index in [1.165, 1.54) is 10.9 Å². The van der Waals surface area contributed by atoms with Crippen molar-refractivity contribution in [2.24, 2.45) is 5.73 Å². The fourth-order valence-electron chi connectivity index (χ4n) is 2.83. The maximum Gasteiger partial charge on any atom is 0.128 e. The molecule has 0 radical (unpaired) electrons. The van der Waals surface area contributed by atoms with Gasteiger partial charge in [-0.25, -0.2) is 0 Å². The van der Waals surface area contributed by atoms with Crippen molar-refractivity contribution in [2.45, 2.75) is 26.6 Å². The van der Waals surface area contributed by atoms with Crippen molar-refractivity contribution in [3.8, 4) is 11.5 Å². The van der Waals surface area contributed by atoms with Crippen LogP contribution >= 0.6 is 0 Å². The largest absolute Gasteiger partial charge is 0.497 e. The topological polar surface area (TPSA) is 49.4 Å². The van der Waals surface area contributed by atoms with E-state index in [2.05, 4.69) is 35.8 Å². The van der Waals surface area contributed by atoms with Gasteiger partial charge in [0.05, 0.1) is 12.8 Å². The Kier molecular flexibility index (Phi) is 4.53. The molecule has 4 heteroatoms. The third-order valence-corrected chi connectivity index (χ3v) is 4.05. The molecule has 3 aromatic rings. The maximum atomic E-state index is 5.92. The standard InChI is InChI=1S/C19H22N2O2/c1-3-21-16(11-15-10-14(12-20)4-9-19(15)21)13-23-18-7-5-17(22-2)6-8-18/h4-11H,3,12-13,20H2,1-2H3. The molecule has 0 saturated carbocycles. The first-order valence-corrected chi connectivity index (χ1v) is 7.83.